The molecule has 1 rings (SSSR count). The summed E-state index contributed by atoms with van der Waals surface area (Å²) in [6, 6.07) is 4.88. The molecule has 0 aliphatic carbocycles. The lowest BCUT2D eigenvalue weighted by Crippen LogP contribution is -1.97. The zero-order valence-electron chi connectivity index (χ0n) is 10.6. The van der Waals surface area contributed by atoms with E-state index in [0.717, 1.165) is 12.0 Å². The second kappa shape index (κ2) is 6.69. The first-order chi connectivity index (χ1) is 8.58. The topological polar surface area (TPSA) is 66.8 Å². The van der Waals surface area contributed by atoms with Gasteiger partial charge in [0.2, 0.25) is 0 Å². The van der Waals surface area contributed by atoms with E-state index in [9.17, 15) is 9.90 Å². The lowest BCUT2D eigenvalue weighted by molar-refractivity contribution is -0.131. The third kappa shape index (κ3) is 3.80. The van der Waals surface area contributed by atoms with Gasteiger partial charge in [-0.25, -0.2) is 4.79 Å². The van der Waals surface area contributed by atoms with E-state index in [2.05, 4.69) is 0 Å². The van der Waals surface area contributed by atoms with Crippen molar-refractivity contribution in [2.45, 2.75) is 26.7 Å². The van der Waals surface area contributed by atoms with Crippen LogP contribution < -0.4 is 4.74 Å². The molecule has 0 saturated carbocycles. The van der Waals surface area contributed by atoms with Crippen molar-refractivity contribution < 1.29 is 19.7 Å². The predicted octanol–water partition coefficient (Wildman–Crippen LogP) is 3.06. The van der Waals surface area contributed by atoms with E-state index in [4.69, 9.17) is 9.84 Å². The number of allylic oxidation sites excluding steroid dienone is 1. The molecule has 4 heteroatoms. The van der Waals surface area contributed by atoms with E-state index < -0.39 is 5.97 Å². The Morgan fingerprint density at radius 1 is 1.39 bits per heavy atom. The van der Waals surface area contributed by atoms with Crippen LogP contribution in [-0.2, 0) is 4.79 Å². The van der Waals surface area contributed by atoms with Crippen LogP contribution in [0.15, 0.2) is 24.3 Å². The fourth-order valence-electron chi connectivity index (χ4n) is 1.58. The molecule has 0 atom stereocenters. The molecule has 1 aromatic carbocycles. The first kappa shape index (κ1) is 14.1. The molecule has 0 amide bonds. The second-order valence-electron chi connectivity index (χ2n) is 3.89. The number of hydrogen-bond donors (Lipinski definition) is 2. The van der Waals surface area contributed by atoms with Crippen molar-refractivity contribution >= 4 is 11.5 Å². The van der Waals surface area contributed by atoms with Gasteiger partial charge in [0.25, 0.3) is 0 Å². The molecular weight excluding hydrogens is 232 g/mol. The maximum atomic E-state index is 10.7. The van der Waals surface area contributed by atoms with E-state index >= 15 is 0 Å². The average molecular weight is 250 g/mol. The monoisotopic (exact) mass is 250 g/mol. The van der Waals surface area contributed by atoms with Crippen molar-refractivity contribution in [2.75, 3.05) is 6.61 Å². The zero-order chi connectivity index (χ0) is 13.5. The summed E-state index contributed by atoms with van der Waals surface area (Å²) < 4.78 is 5.40. The average Bonchev–Trinajstić information content (AvgIpc) is 2.35. The maximum absolute atomic E-state index is 10.7. The molecule has 0 saturated heterocycles. The van der Waals surface area contributed by atoms with Gasteiger partial charge in [0, 0.05) is 6.08 Å². The van der Waals surface area contributed by atoms with Crippen molar-refractivity contribution in [1.29, 1.82) is 0 Å². The fourth-order valence-corrected chi connectivity index (χ4v) is 1.58. The van der Waals surface area contributed by atoms with Crippen LogP contribution >= 0.6 is 0 Å². The molecular formula is C14H18O4. The van der Waals surface area contributed by atoms with Crippen LogP contribution in [0.5, 0.6) is 11.5 Å². The van der Waals surface area contributed by atoms with Gasteiger partial charge in [-0.05, 0) is 36.1 Å². The molecule has 1 aromatic rings. The number of carboxylic acids is 1. The normalized spacial score (nSPS) is 11.3. The Labute approximate surface area is 107 Å². The number of ether oxygens (including phenoxy) is 1. The van der Waals surface area contributed by atoms with Crippen molar-refractivity contribution in [2.24, 2.45) is 0 Å². The Bertz CT molecular complexity index is 449. The van der Waals surface area contributed by atoms with Gasteiger partial charge in [-0.1, -0.05) is 19.9 Å². The van der Waals surface area contributed by atoms with Crippen LogP contribution in [0.4, 0.5) is 0 Å². The molecule has 4 nitrogen and oxygen atoms in total. The standard InChI is InChI=1S/C14H18O4/c1-3-7-18-13-8-11(5-6-12(13)15)10(4-2)9-14(16)17/h5-6,8-9,15H,3-4,7H2,1-2H3,(H,16,17). The van der Waals surface area contributed by atoms with Gasteiger partial charge in [-0.15, -0.1) is 0 Å². The number of benzene rings is 1. The van der Waals surface area contributed by atoms with E-state index in [-0.39, 0.29) is 5.75 Å². The Kier molecular flexibility index (Phi) is 5.24. The summed E-state index contributed by atoms with van der Waals surface area (Å²) in [5, 5.41) is 18.4. The van der Waals surface area contributed by atoms with Gasteiger partial charge in [0.05, 0.1) is 6.61 Å². The molecule has 0 heterocycles. The Hall–Kier alpha value is -1.97. The number of carbonyl (C=O) groups is 1. The number of hydrogen-bond acceptors (Lipinski definition) is 3. The molecule has 2 N–H and O–H groups in total. The van der Waals surface area contributed by atoms with E-state index in [1.54, 1.807) is 12.1 Å². The quantitative estimate of drug-likeness (QED) is 0.761. The number of aromatic hydroxyl groups is 1. The lowest BCUT2D eigenvalue weighted by atomic mass is 10.0. The SMILES string of the molecule is CCCOc1cc(C(=CC(=O)O)CC)ccc1O. The van der Waals surface area contributed by atoms with Crippen LogP contribution in [0.2, 0.25) is 0 Å². The lowest BCUT2D eigenvalue weighted by Gasteiger charge is -2.10. The molecule has 0 spiro atoms. The van der Waals surface area contributed by atoms with Crippen molar-refractivity contribution in [3.05, 3.63) is 29.8 Å². The number of carboxylic acid groups (broad SMARTS) is 1. The molecule has 0 fully saturated rings. The number of phenols is 1. The highest BCUT2D eigenvalue weighted by atomic mass is 16.5. The van der Waals surface area contributed by atoms with E-state index in [1.165, 1.54) is 12.1 Å². The summed E-state index contributed by atoms with van der Waals surface area (Å²) in [4.78, 5) is 10.7. The molecule has 0 radical (unpaired) electrons. The van der Waals surface area contributed by atoms with Gasteiger partial charge >= 0.3 is 5.97 Å². The summed E-state index contributed by atoms with van der Waals surface area (Å²) in [5.74, 6) is -0.520. The van der Waals surface area contributed by atoms with Gasteiger partial charge in [0.15, 0.2) is 11.5 Å². The minimum atomic E-state index is -0.976. The Balaban J connectivity index is 3.06. The highest BCUT2D eigenvalue weighted by Gasteiger charge is 2.07. The summed E-state index contributed by atoms with van der Waals surface area (Å²) in [6.07, 6.45) is 2.62. The van der Waals surface area contributed by atoms with E-state index in [0.29, 0.717) is 24.4 Å². The number of phenolic OH excluding ortho intramolecular Hbond substituents is 1. The highest BCUT2D eigenvalue weighted by Crippen LogP contribution is 2.30. The molecule has 98 valence electrons. The molecule has 0 aliphatic rings. The van der Waals surface area contributed by atoms with Crippen molar-refractivity contribution in [3.8, 4) is 11.5 Å². The zero-order valence-corrected chi connectivity index (χ0v) is 10.6. The van der Waals surface area contributed by atoms with Crippen molar-refractivity contribution in [1.82, 2.24) is 0 Å². The van der Waals surface area contributed by atoms with Crippen LogP contribution in [-0.4, -0.2) is 22.8 Å². The minimum Gasteiger partial charge on any atom is -0.504 e. The van der Waals surface area contributed by atoms with Gasteiger partial charge < -0.3 is 14.9 Å². The van der Waals surface area contributed by atoms with Gasteiger partial charge in [-0.3, -0.25) is 0 Å². The van der Waals surface area contributed by atoms with E-state index in [1.807, 2.05) is 13.8 Å². The Morgan fingerprint density at radius 3 is 2.67 bits per heavy atom. The van der Waals surface area contributed by atoms with Crippen LogP contribution in [0.25, 0.3) is 5.57 Å². The first-order valence-corrected chi connectivity index (χ1v) is 5.98. The Morgan fingerprint density at radius 2 is 2.11 bits per heavy atom. The molecule has 0 aliphatic heterocycles. The second-order valence-corrected chi connectivity index (χ2v) is 3.89. The summed E-state index contributed by atoms with van der Waals surface area (Å²) in [6.45, 7) is 4.37. The van der Waals surface area contributed by atoms with Gasteiger partial charge in [0.1, 0.15) is 0 Å². The summed E-state index contributed by atoms with van der Waals surface area (Å²) in [7, 11) is 0. The van der Waals surface area contributed by atoms with Crippen LogP contribution in [0, 0.1) is 0 Å². The smallest absolute Gasteiger partial charge is 0.328 e. The minimum absolute atomic E-state index is 0.0676. The molecule has 0 aromatic heterocycles. The third-order valence-electron chi connectivity index (χ3n) is 2.47. The molecule has 0 unspecified atom stereocenters. The molecule has 0 bridgehead atoms. The van der Waals surface area contributed by atoms with Crippen LogP contribution in [0.3, 0.4) is 0 Å². The number of rotatable bonds is 6. The predicted molar refractivity (Wildman–Crippen MR) is 69.8 cm³/mol. The maximum Gasteiger partial charge on any atom is 0.328 e. The highest BCUT2D eigenvalue weighted by molar-refractivity contribution is 5.90. The number of aliphatic carboxylic acids is 1. The summed E-state index contributed by atoms with van der Waals surface area (Å²) >= 11 is 0. The summed E-state index contributed by atoms with van der Waals surface area (Å²) in [5.41, 5.74) is 1.45. The van der Waals surface area contributed by atoms with Crippen molar-refractivity contribution in [3.63, 3.8) is 0 Å². The fraction of sp³-hybridized carbons (Fsp3) is 0.357. The molecule has 18 heavy (non-hydrogen) atoms. The third-order valence-corrected chi connectivity index (χ3v) is 2.47. The van der Waals surface area contributed by atoms with Crippen LogP contribution in [0.1, 0.15) is 32.3 Å². The largest absolute Gasteiger partial charge is 0.504 e. The first-order valence-electron chi connectivity index (χ1n) is 5.98. The van der Waals surface area contributed by atoms with Gasteiger partial charge in [-0.2, -0.15) is 0 Å².